The summed E-state index contributed by atoms with van der Waals surface area (Å²) >= 11 is 0. The minimum atomic E-state index is -0.100. The van der Waals surface area contributed by atoms with E-state index >= 15 is 0 Å². The van der Waals surface area contributed by atoms with E-state index in [4.69, 9.17) is 4.74 Å². The second kappa shape index (κ2) is 5.68. The van der Waals surface area contributed by atoms with Crippen LogP contribution in [-0.2, 0) is 4.74 Å². The topological polar surface area (TPSA) is 44.7 Å². The van der Waals surface area contributed by atoms with Gasteiger partial charge in [-0.25, -0.2) is 0 Å². The molecular formula is C15H28N2O2. The molecule has 4 nitrogen and oxygen atoms in total. The molecule has 1 saturated carbocycles. The molecule has 4 heteroatoms. The predicted octanol–water partition coefficient (Wildman–Crippen LogP) is 0.848. The number of rotatable bonds is 5. The van der Waals surface area contributed by atoms with Gasteiger partial charge in [0.1, 0.15) is 0 Å². The van der Waals surface area contributed by atoms with Gasteiger partial charge in [0.2, 0.25) is 0 Å². The van der Waals surface area contributed by atoms with Crippen molar-refractivity contribution in [3.63, 3.8) is 0 Å². The highest BCUT2D eigenvalue weighted by Gasteiger charge is 2.39. The van der Waals surface area contributed by atoms with Crippen molar-refractivity contribution < 1.29 is 9.84 Å². The first-order valence-electron chi connectivity index (χ1n) is 7.88. The van der Waals surface area contributed by atoms with E-state index in [9.17, 15) is 5.11 Å². The van der Waals surface area contributed by atoms with Crippen LogP contribution in [0.25, 0.3) is 0 Å². The van der Waals surface area contributed by atoms with Crippen molar-refractivity contribution in [3.8, 4) is 0 Å². The van der Waals surface area contributed by atoms with Crippen molar-refractivity contribution in [1.82, 2.24) is 10.2 Å². The van der Waals surface area contributed by atoms with Crippen molar-refractivity contribution in [2.24, 2.45) is 11.3 Å². The van der Waals surface area contributed by atoms with Crippen LogP contribution in [0.4, 0.5) is 0 Å². The van der Waals surface area contributed by atoms with Crippen molar-refractivity contribution in [1.29, 1.82) is 0 Å². The summed E-state index contributed by atoms with van der Waals surface area (Å²) in [7, 11) is 0. The Bertz CT molecular complexity index is 301. The Morgan fingerprint density at radius 2 is 2.21 bits per heavy atom. The Kier molecular flexibility index (Phi) is 4.13. The van der Waals surface area contributed by atoms with Crippen molar-refractivity contribution >= 4 is 0 Å². The molecule has 0 amide bonds. The quantitative estimate of drug-likeness (QED) is 0.776. The molecule has 3 rings (SSSR count). The zero-order valence-corrected chi connectivity index (χ0v) is 12.1. The van der Waals surface area contributed by atoms with Gasteiger partial charge in [0.15, 0.2) is 0 Å². The van der Waals surface area contributed by atoms with E-state index in [0.717, 1.165) is 51.9 Å². The molecule has 0 aromatic heterocycles. The minimum Gasteiger partial charge on any atom is -0.393 e. The molecule has 0 aromatic carbocycles. The average Bonchev–Trinajstić information content (AvgIpc) is 3.12. The molecule has 2 heterocycles. The Hall–Kier alpha value is -0.160. The summed E-state index contributed by atoms with van der Waals surface area (Å²) in [5.74, 6) is 0.407. The third-order valence-electron chi connectivity index (χ3n) is 5.03. The first kappa shape index (κ1) is 13.8. The van der Waals surface area contributed by atoms with Crippen LogP contribution in [0.5, 0.6) is 0 Å². The van der Waals surface area contributed by atoms with Crippen LogP contribution in [0.3, 0.4) is 0 Å². The number of aliphatic hydroxyl groups is 1. The molecule has 0 radical (unpaired) electrons. The maximum Gasteiger partial charge on any atom is 0.0590 e. The summed E-state index contributed by atoms with van der Waals surface area (Å²) in [6.45, 7) is 8.29. The second-order valence-corrected chi connectivity index (χ2v) is 7.03. The normalized spacial score (nSPS) is 40.7. The van der Waals surface area contributed by atoms with Gasteiger partial charge in [0.05, 0.1) is 12.7 Å². The number of hydrogen-bond acceptors (Lipinski definition) is 4. The lowest BCUT2D eigenvalue weighted by Gasteiger charge is -2.40. The fraction of sp³-hybridized carbons (Fsp3) is 1.00. The maximum absolute atomic E-state index is 9.84. The van der Waals surface area contributed by atoms with Crippen LogP contribution in [0.15, 0.2) is 0 Å². The summed E-state index contributed by atoms with van der Waals surface area (Å²) < 4.78 is 5.69. The Morgan fingerprint density at radius 3 is 2.84 bits per heavy atom. The van der Waals surface area contributed by atoms with Gasteiger partial charge in [-0.05, 0) is 31.6 Å². The van der Waals surface area contributed by atoms with E-state index < -0.39 is 0 Å². The largest absolute Gasteiger partial charge is 0.393 e. The van der Waals surface area contributed by atoms with Crippen LogP contribution < -0.4 is 5.32 Å². The number of ether oxygens (including phenoxy) is 1. The Balaban J connectivity index is 1.54. The first-order chi connectivity index (χ1) is 9.17. The van der Waals surface area contributed by atoms with Crippen LogP contribution in [-0.4, -0.2) is 61.5 Å². The van der Waals surface area contributed by atoms with Crippen molar-refractivity contribution in [2.45, 2.75) is 44.8 Å². The molecule has 0 bridgehead atoms. The summed E-state index contributed by atoms with van der Waals surface area (Å²) in [4.78, 5) is 2.54. The van der Waals surface area contributed by atoms with Gasteiger partial charge >= 0.3 is 0 Å². The van der Waals surface area contributed by atoms with Gasteiger partial charge in [-0.15, -0.1) is 0 Å². The van der Waals surface area contributed by atoms with E-state index in [0.29, 0.717) is 11.3 Å². The molecule has 3 fully saturated rings. The molecule has 110 valence electrons. The number of hydrogen-bond donors (Lipinski definition) is 2. The molecule has 2 aliphatic heterocycles. The highest BCUT2D eigenvalue weighted by atomic mass is 16.5. The summed E-state index contributed by atoms with van der Waals surface area (Å²) in [5.41, 5.74) is 0.310. The monoisotopic (exact) mass is 268 g/mol. The zero-order valence-electron chi connectivity index (χ0n) is 12.1. The highest BCUT2D eigenvalue weighted by molar-refractivity contribution is 4.93. The third-order valence-corrected chi connectivity index (χ3v) is 5.03. The van der Waals surface area contributed by atoms with Gasteiger partial charge < -0.3 is 20.1 Å². The van der Waals surface area contributed by atoms with Gasteiger partial charge in [0.25, 0.3) is 0 Å². The van der Waals surface area contributed by atoms with E-state index in [-0.39, 0.29) is 6.10 Å². The summed E-state index contributed by atoms with van der Waals surface area (Å²) in [5, 5.41) is 13.5. The number of likely N-dealkylation sites (tertiary alicyclic amines) is 1. The molecule has 19 heavy (non-hydrogen) atoms. The number of nitrogens with one attached hydrogen (secondary N) is 1. The SMILES string of the molecule is CC1CN(CC2(CNC3CC3)CCOC2)CCC1O. The Morgan fingerprint density at radius 1 is 1.37 bits per heavy atom. The summed E-state index contributed by atoms with van der Waals surface area (Å²) in [6, 6.07) is 0.777. The fourth-order valence-corrected chi connectivity index (χ4v) is 3.46. The average molecular weight is 268 g/mol. The molecular weight excluding hydrogens is 240 g/mol. The van der Waals surface area contributed by atoms with Crippen molar-refractivity contribution in [3.05, 3.63) is 0 Å². The van der Waals surface area contributed by atoms with Gasteiger partial charge in [-0.1, -0.05) is 6.92 Å². The van der Waals surface area contributed by atoms with Gasteiger partial charge in [-0.2, -0.15) is 0 Å². The van der Waals surface area contributed by atoms with E-state index in [1.807, 2.05) is 0 Å². The Labute approximate surface area is 116 Å². The predicted molar refractivity (Wildman–Crippen MR) is 75.1 cm³/mol. The van der Waals surface area contributed by atoms with Crippen LogP contribution >= 0.6 is 0 Å². The van der Waals surface area contributed by atoms with E-state index in [1.54, 1.807) is 0 Å². The molecule has 2 N–H and O–H groups in total. The lowest BCUT2D eigenvalue weighted by atomic mass is 9.85. The third kappa shape index (κ3) is 3.48. The maximum atomic E-state index is 9.84. The van der Waals surface area contributed by atoms with Crippen LogP contribution in [0, 0.1) is 11.3 Å². The van der Waals surface area contributed by atoms with E-state index in [2.05, 4.69) is 17.1 Å². The van der Waals surface area contributed by atoms with Gasteiger partial charge in [-0.3, -0.25) is 0 Å². The molecule has 0 aromatic rings. The molecule has 2 saturated heterocycles. The highest BCUT2D eigenvalue weighted by Crippen LogP contribution is 2.32. The number of nitrogens with zero attached hydrogens (tertiary/aromatic N) is 1. The van der Waals surface area contributed by atoms with Gasteiger partial charge in [0, 0.05) is 44.2 Å². The molecule has 3 atom stereocenters. The van der Waals surface area contributed by atoms with Crippen molar-refractivity contribution in [2.75, 3.05) is 39.4 Å². The smallest absolute Gasteiger partial charge is 0.0590 e. The fourth-order valence-electron chi connectivity index (χ4n) is 3.46. The van der Waals surface area contributed by atoms with E-state index in [1.165, 1.54) is 19.3 Å². The number of piperidine rings is 1. The molecule has 1 aliphatic carbocycles. The van der Waals surface area contributed by atoms with Crippen LogP contribution in [0.1, 0.15) is 32.6 Å². The lowest BCUT2D eigenvalue weighted by molar-refractivity contribution is 0.0136. The molecule has 0 spiro atoms. The molecule has 3 aliphatic rings. The van der Waals surface area contributed by atoms with Crippen LogP contribution in [0.2, 0.25) is 0 Å². The lowest BCUT2D eigenvalue weighted by Crippen LogP contribution is -2.50. The second-order valence-electron chi connectivity index (χ2n) is 7.03. The number of aliphatic hydroxyl groups excluding tert-OH is 1. The molecule has 3 unspecified atom stereocenters. The standard InChI is InChI=1S/C15H28N2O2/c1-12-8-17(6-4-14(12)18)10-15(5-7-19-11-15)9-16-13-2-3-13/h12-14,16,18H,2-11H2,1H3. The zero-order chi connectivity index (χ0) is 13.3. The first-order valence-corrected chi connectivity index (χ1v) is 7.88. The minimum absolute atomic E-state index is 0.100. The summed E-state index contributed by atoms with van der Waals surface area (Å²) in [6.07, 6.45) is 4.71.